The van der Waals surface area contributed by atoms with Gasteiger partial charge in [0.05, 0.1) is 29.3 Å². The lowest BCUT2D eigenvalue weighted by Gasteiger charge is -2.34. The zero-order valence-corrected chi connectivity index (χ0v) is 16.4. The highest BCUT2D eigenvalue weighted by atomic mass is 32.1. The number of fused-ring (bicyclic) bond motifs is 2. The van der Waals surface area contributed by atoms with Gasteiger partial charge in [-0.05, 0) is 30.3 Å². The van der Waals surface area contributed by atoms with Crippen molar-refractivity contribution in [1.29, 1.82) is 0 Å². The molecule has 0 atom stereocenters. The largest absolute Gasteiger partial charge is 0.336 e. The molecule has 142 valence electrons. The minimum atomic E-state index is 0.0669. The fourth-order valence-electron chi connectivity index (χ4n) is 3.74. The van der Waals surface area contributed by atoms with Gasteiger partial charge in [-0.2, -0.15) is 8.75 Å². The van der Waals surface area contributed by atoms with E-state index in [1.165, 1.54) is 11.7 Å². The number of carbonyl (C=O) groups excluding carboxylic acids is 1. The number of aromatic nitrogens is 4. The van der Waals surface area contributed by atoms with Gasteiger partial charge in [-0.15, -0.1) is 0 Å². The van der Waals surface area contributed by atoms with Crippen molar-refractivity contribution in [3.63, 3.8) is 0 Å². The maximum absolute atomic E-state index is 12.8. The third-order valence-electron chi connectivity index (χ3n) is 5.41. The maximum Gasteiger partial charge on any atom is 0.254 e. The van der Waals surface area contributed by atoms with Crippen LogP contribution in [0.5, 0.6) is 0 Å². The molecule has 0 bridgehead atoms. The summed E-state index contributed by atoms with van der Waals surface area (Å²) in [5.41, 5.74) is 4.49. The summed E-state index contributed by atoms with van der Waals surface area (Å²) in [7, 11) is 2.06. The Labute approximate surface area is 166 Å². The number of aryl methyl sites for hydroxylation is 1. The van der Waals surface area contributed by atoms with E-state index < -0.39 is 0 Å². The molecule has 2 aromatic heterocycles. The summed E-state index contributed by atoms with van der Waals surface area (Å²) in [6.45, 7) is 3.92. The van der Waals surface area contributed by atoms with Gasteiger partial charge >= 0.3 is 0 Å². The standard InChI is InChI=1S/C20H20N6OS/c1-24-18-5-3-2-4-16(18)21-19(24)13-25-8-10-26(11-9-25)20(27)14-6-7-15-17(12-14)23-28-22-15/h2-7,12H,8-11,13H2,1H3. The molecule has 1 saturated heterocycles. The summed E-state index contributed by atoms with van der Waals surface area (Å²) < 4.78 is 10.6. The second-order valence-corrected chi connectivity index (χ2v) is 7.64. The minimum absolute atomic E-state index is 0.0669. The molecule has 0 unspecified atom stereocenters. The van der Waals surface area contributed by atoms with E-state index in [1.54, 1.807) is 0 Å². The predicted molar refractivity (Wildman–Crippen MR) is 109 cm³/mol. The van der Waals surface area contributed by atoms with Crippen molar-refractivity contribution in [2.75, 3.05) is 26.2 Å². The minimum Gasteiger partial charge on any atom is -0.336 e. The molecule has 2 aromatic carbocycles. The molecular weight excluding hydrogens is 372 g/mol. The van der Waals surface area contributed by atoms with Crippen molar-refractivity contribution in [3.05, 3.63) is 53.9 Å². The lowest BCUT2D eigenvalue weighted by atomic mass is 10.1. The lowest BCUT2D eigenvalue weighted by Crippen LogP contribution is -2.48. The van der Waals surface area contributed by atoms with Crippen molar-refractivity contribution in [2.24, 2.45) is 7.05 Å². The van der Waals surface area contributed by atoms with E-state index in [0.29, 0.717) is 5.56 Å². The molecule has 5 rings (SSSR count). The Balaban J connectivity index is 1.25. The summed E-state index contributed by atoms with van der Waals surface area (Å²) in [6, 6.07) is 13.7. The van der Waals surface area contributed by atoms with E-state index in [4.69, 9.17) is 4.98 Å². The van der Waals surface area contributed by atoms with Crippen LogP contribution in [0.25, 0.3) is 22.1 Å². The number of hydrogen-bond donors (Lipinski definition) is 0. The van der Waals surface area contributed by atoms with Crippen molar-refractivity contribution in [1.82, 2.24) is 28.1 Å². The number of hydrogen-bond acceptors (Lipinski definition) is 6. The second kappa shape index (κ2) is 6.96. The first kappa shape index (κ1) is 17.3. The number of amides is 1. The normalized spacial score (nSPS) is 15.5. The molecule has 7 nitrogen and oxygen atoms in total. The number of para-hydroxylation sites is 2. The van der Waals surface area contributed by atoms with Gasteiger partial charge in [-0.3, -0.25) is 9.69 Å². The van der Waals surface area contributed by atoms with E-state index in [-0.39, 0.29) is 5.91 Å². The van der Waals surface area contributed by atoms with Gasteiger partial charge < -0.3 is 9.47 Å². The van der Waals surface area contributed by atoms with Gasteiger partial charge in [-0.25, -0.2) is 4.98 Å². The van der Waals surface area contributed by atoms with Crippen LogP contribution in [0.3, 0.4) is 0 Å². The van der Waals surface area contributed by atoms with Crippen LogP contribution in [-0.4, -0.2) is 60.2 Å². The molecule has 1 fully saturated rings. The zero-order chi connectivity index (χ0) is 19.1. The number of imidazole rings is 1. The SMILES string of the molecule is Cn1c(CN2CCN(C(=O)c3ccc4nsnc4c3)CC2)nc2ccccc21. The molecule has 1 aliphatic heterocycles. The number of piperazine rings is 1. The molecule has 0 radical (unpaired) electrons. The summed E-state index contributed by atoms with van der Waals surface area (Å²) in [6.07, 6.45) is 0. The Hall–Kier alpha value is -2.84. The van der Waals surface area contributed by atoms with Crippen LogP contribution in [0.1, 0.15) is 16.2 Å². The van der Waals surface area contributed by atoms with E-state index >= 15 is 0 Å². The Morgan fingerprint density at radius 3 is 2.61 bits per heavy atom. The maximum atomic E-state index is 12.8. The van der Waals surface area contributed by atoms with Gasteiger partial charge in [0.1, 0.15) is 16.9 Å². The van der Waals surface area contributed by atoms with E-state index in [1.807, 2.05) is 41.3 Å². The fourth-order valence-corrected chi connectivity index (χ4v) is 4.26. The molecule has 8 heteroatoms. The molecule has 0 saturated carbocycles. The van der Waals surface area contributed by atoms with E-state index in [9.17, 15) is 4.79 Å². The molecule has 0 N–H and O–H groups in total. The summed E-state index contributed by atoms with van der Waals surface area (Å²) in [4.78, 5) is 21.9. The average molecular weight is 392 g/mol. The topological polar surface area (TPSA) is 67.2 Å². The van der Waals surface area contributed by atoms with Gasteiger partial charge in [-0.1, -0.05) is 12.1 Å². The lowest BCUT2D eigenvalue weighted by molar-refractivity contribution is 0.0624. The van der Waals surface area contributed by atoms with Crippen LogP contribution in [0.4, 0.5) is 0 Å². The second-order valence-electron chi connectivity index (χ2n) is 7.11. The molecule has 28 heavy (non-hydrogen) atoms. The van der Waals surface area contributed by atoms with Gasteiger partial charge in [0.2, 0.25) is 0 Å². The first-order valence-corrected chi connectivity index (χ1v) is 10.1. The Morgan fingerprint density at radius 1 is 1.00 bits per heavy atom. The smallest absolute Gasteiger partial charge is 0.254 e. The van der Waals surface area contributed by atoms with Gasteiger partial charge in [0.15, 0.2) is 0 Å². The number of carbonyl (C=O) groups is 1. The first-order chi connectivity index (χ1) is 13.7. The van der Waals surface area contributed by atoms with Crippen molar-refractivity contribution in [2.45, 2.75) is 6.54 Å². The quantitative estimate of drug-likeness (QED) is 0.536. The van der Waals surface area contributed by atoms with Crippen LogP contribution in [0, 0.1) is 0 Å². The highest BCUT2D eigenvalue weighted by Gasteiger charge is 2.23. The highest BCUT2D eigenvalue weighted by molar-refractivity contribution is 7.00. The van der Waals surface area contributed by atoms with Crippen molar-refractivity contribution < 1.29 is 4.79 Å². The van der Waals surface area contributed by atoms with Crippen LogP contribution in [-0.2, 0) is 13.6 Å². The Kier molecular flexibility index (Phi) is 4.29. The summed E-state index contributed by atoms with van der Waals surface area (Å²) in [5, 5.41) is 0. The Bertz CT molecular complexity index is 1160. The molecular formula is C20H20N6OS. The molecule has 0 spiro atoms. The zero-order valence-electron chi connectivity index (χ0n) is 15.6. The van der Waals surface area contributed by atoms with Gasteiger partial charge in [0.25, 0.3) is 5.91 Å². The molecule has 4 aromatic rings. The number of benzene rings is 2. The summed E-state index contributed by atoms with van der Waals surface area (Å²) >= 11 is 1.17. The molecule has 3 heterocycles. The van der Waals surface area contributed by atoms with E-state index in [2.05, 4.69) is 31.3 Å². The third-order valence-corrected chi connectivity index (χ3v) is 5.96. The average Bonchev–Trinajstić information content (AvgIpc) is 3.32. The number of nitrogens with zero attached hydrogens (tertiary/aromatic N) is 6. The summed E-state index contributed by atoms with van der Waals surface area (Å²) in [5.74, 6) is 1.12. The van der Waals surface area contributed by atoms with E-state index in [0.717, 1.165) is 60.6 Å². The number of rotatable bonds is 3. The molecule has 1 aliphatic rings. The monoisotopic (exact) mass is 392 g/mol. The van der Waals surface area contributed by atoms with Crippen LogP contribution in [0.15, 0.2) is 42.5 Å². The van der Waals surface area contributed by atoms with Crippen molar-refractivity contribution in [3.8, 4) is 0 Å². The van der Waals surface area contributed by atoms with Crippen LogP contribution < -0.4 is 0 Å². The molecule has 1 amide bonds. The molecule has 0 aliphatic carbocycles. The first-order valence-electron chi connectivity index (χ1n) is 9.33. The fraction of sp³-hybridized carbons (Fsp3) is 0.300. The Morgan fingerprint density at radius 2 is 1.79 bits per heavy atom. The predicted octanol–water partition coefficient (Wildman–Crippen LogP) is 2.54. The highest BCUT2D eigenvalue weighted by Crippen LogP contribution is 2.18. The van der Waals surface area contributed by atoms with Crippen LogP contribution >= 0.6 is 11.7 Å². The third kappa shape index (κ3) is 3.04. The van der Waals surface area contributed by atoms with Crippen LogP contribution in [0.2, 0.25) is 0 Å². The van der Waals surface area contributed by atoms with Crippen molar-refractivity contribution >= 4 is 39.7 Å². The van der Waals surface area contributed by atoms with Gasteiger partial charge in [0, 0.05) is 38.8 Å².